The first-order chi connectivity index (χ1) is 6.42. The molecule has 0 saturated heterocycles. The van der Waals surface area contributed by atoms with E-state index in [4.69, 9.17) is 0 Å². The Kier molecular flexibility index (Phi) is 2.39. The minimum atomic E-state index is 0.791. The molecule has 0 radical (unpaired) electrons. The summed E-state index contributed by atoms with van der Waals surface area (Å²) in [6, 6.07) is 0. The molecule has 0 amide bonds. The second kappa shape index (κ2) is 3.69. The van der Waals surface area contributed by atoms with Crippen LogP contribution < -0.4 is 0 Å². The van der Waals surface area contributed by atoms with Gasteiger partial charge in [-0.05, 0) is 36.8 Å². The normalized spacial score (nSPS) is 16.0. The number of fused-ring (bicyclic) bond motifs is 1. The summed E-state index contributed by atoms with van der Waals surface area (Å²) in [5.41, 5.74) is 3.31. The smallest absolute Gasteiger partial charge is 0.151 e. The fraction of sp³-hybridized carbons (Fsp3) is 0.455. The maximum Gasteiger partial charge on any atom is 0.151 e. The molecule has 13 heavy (non-hydrogen) atoms. The number of carbonyl (C=O) groups excluding carboxylic acids is 1. The summed E-state index contributed by atoms with van der Waals surface area (Å²) in [6.07, 6.45) is 10.4. The van der Waals surface area contributed by atoms with E-state index < -0.39 is 0 Å². The summed E-state index contributed by atoms with van der Waals surface area (Å²) in [5, 5.41) is 0. The first-order valence-electron chi connectivity index (χ1n) is 4.83. The van der Waals surface area contributed by atoms with Gasteiger partial charge in [-0.3, -0.25) is 9.78 Å². The minimum Gasteiger partial charge on any atom is -0.298 e. The summed E-state index contributed by atoms with van der Waals surface area (Å²) in [5.74, 6) is 0. The van der Waals surface area contributed by atoms with Gasteiger partial charge in [-0.2, -0.15) is 0 Å². The molecular formula is C11H13NO. The molecule has 0 unspecified atom stereocenters. The van der Waals surface area contributed by atoms with E-state index in [1.165, 1.54) is 30.4 Å². The van der Waals surface area contributed by atoms with Crippen molar-refractivity contribution in [1.29, 1.82) is 0 Å². The van der Waals surface area contributed by atoms with E-state index in [0.29, 0.717) is 0 Å². The lowest BCUT2D eigenvalue weighted by Gasteiger charge is -2.06. The van der Waals surface area contributed by atoms with Crippen LogP contribution in [0.2, 0.25) is 0 Å². The maximum atomic E-state index is 10.8. The highest BCUT2D eigenvalue weighted by molar-refractivity contribution is 5.77. The highest BCUT2D eigenvalue weighted by atomic mass is 16.1. The van der Waals surface area contributed by atoms with Gasteiger partial charge in [0.1, 0.15) is 0 Å². The van der Waals surface area contributed by atoms with Crippen LogP contribution in [0.25, 0.3) is 0 Å². The molecule has 2 heteroatoms. The number of aryl methyl sites for hydroxylation is 1. The SMILES string of the molecule is O=Cc1cncc2c1CCCCC2. The van der Waals surface area contributed by atoms with Crippen LogP contribution >= 0.6 is 0 Å². The number of pyridine rings is 1. The topological polar surface area (TPSA) is 30.0 Å². The lowest BCUT2D eigenvalue weighted by molar-refractivity contribution is 0.112. The van der Waals surface area contributed by atoms with Crippen molar-refractivity contribution in [3.05, 3.63) is 29.1 Å². The van der Waals surface area contributed by atoms with Gasteiger partial charge in [0.15, 0.2) is 6.29 Å². The van der Waals surface area contributed by atoms with Crippen molar-refractivity contribution in [3.8, 4) is 0 Å². The Morgan fingerprint density at radius 2 is 2.00 bits per heavy atom. The second-order valence-electron chi connectivity index (χ2n) is 3.54. The van der Waals surface area contributed by atoms with Crippen LogP contribution in [-0.2, 0) is 12.8 Å². The molecule has 1 aromatic heterocycles. The van der Waals surface area contributed by atoms with Gasteiger partial charge < -0.3 is 0 Å². The Labute approximate surface area is 78.0 Å². The number of hydrogen-bond donors (Lipinski definition) is 0. The van der Waals surface area contributed by atoms with E-state index in [2.05, 4.69) is 4.98 Å². The van der Waals surface area contributed by atoms with Crippen molar-refractivity contribution < 1.29 is 4.79 Å². The molecule has 0 saturated carbocycles. The summed E-state index contributed by atoms with van der Waals surface area (Å²) >= 11 is 0. The molecular weight excluding hydrogens is 162 g/mol. The van der Waals surface area contributed by atoms with Crippen molar-refractivity contribution in [2.75, 3.05) is 0 Å². The minimum absolute atomic E-state index is 0.791. The predicted molar refractivity (Wildman–Crippen MR) is 50.9 cm³/mol. The summed E-state index contributed by atoms with van der Waals surface area (Å²) in [6.45, 7) is 0. The fourth-order valence-corrected chi connectivity index (χ4v) is 1.96. The van der Waals surface area contributed by atoms with Crippen molar-refractivity contribution in [3.63, 3.8) is 0 Å². The van der Waals surface area contributed by atoms with E-state index in [1.807, 2.05) is 6.20 Å². The van der Waals surface area contributed by atoms with Gasteiger partial charge in [0.25, 0.3) is 0 Å². The molecule has 1 aliphatic carbocycles. The van der Waals surface area contributed by atoms with Gasteiger partial charge >= 0.3 is 0 Å². The predicted octanol–water partition coefficient (Wildman–Crippen LogP) is 2.16. The summed E-state index contributed by atoms with van der Waals surface area (Å²) < 4.78 is 0. The zero-order chi connectivity index (χ0) is 9.10. The van der Waals surface area contributed by atoms with Gasteiger partial charge in [0.05, 0.1) is 0 Å². The molecule has 1 aromatic rings. The Bertz CT molecular complexity index is 320. The first-order valence-corrected chi connectivity index (χ1v) is 4.83. The standard InChI is InChI=1S/C11H13NO/c13-8-10-7-12-6-9-4-2-1-3-5-11(9)10/h6-8H,1-5H2. The van der Waals surface area contributed by atoms with Crippen molar-refractivity contribution >= 4 is 6.29 Å². The first kappa shape index (κ1) is 8.42. The number of nitrogens with zero attached hydrogens (tertiary/aromatic N) is 1. The molecule has 0 aliphatic heterocycles. The third-order valence-corrected chi connectivity index (χ3v) is 2.68. The van der Waals surface area contributed by atoms with Crippen molar-refractivity contribution in [2.24, 2.45) is 0 Å². The molecule has 1 heterocycles. The Morgan fingerprint density at radius 3 is 2.85 bits per heavy atom. The van der Waals surface area contributed by atoms with Crippen LogP contribution in [0.1, 0.15) is 40.7 Å². The number of aromatic nitrogens is 1. The van der Waals surface area contributed by atoms with Gasteiger partial charge in [0, 0.05) is 18.0 Å². The molecule has 0 fully saturated rings. The Hall–Kier alpha value is -1.18. The lowest BCUT2D eigenvalue weighted by Crippen LogP contribution is -1.98. The number of aldehydes is 1. The molecule has 0 bridgehead atoms. The van der Waals surface area contributed by atoms with Crippen LogP contribution in [-0.4, -0.2) is 11.3 Å². The van der Waals surface area contributed by atoms with Crippen LogP contribution in [0.4, 0.5) is 0 Å². The summed E-state index contributed by atoms with van der Waals surface area (Å²) in [7, 11) is 0. The van der Waals surface area contributed by atoms with Gasteiger partial charge in [-0.1, -0.05) is 6.42 Å². The fourth-order valence-electron chi connectivity index (χ4n) is 1.96. The highest BCUT2D eigenvalue weighted by Crippen LogP contribution is 2.21. The Morgan fingerprint density at radius 1 is 1.15 bits per heavy atom. The van der Waals surface area contributed by atoms with Crippen LogP contribution in [0.3, 0.4) is 0 Å². The highest BCUT2D eigenvalue weighted by Gasteiger charge is 2.11. The molecule has 2 nitrogen and oxygen atoms in total. The van der Waals surface area contributed by atoms with Crippen LogP contribution in [0.5, 0.6) is 0 Å². The van der Waals surface area contributed by atoms with Crippen LogP contribution in [0.15, 0.2) is 12.4 Å². The van der Waals surface area contributed by atoms with Gasteiger partial charge in [-0.25, -0.2) is 0 Å². The molecule has 2 rings (SSSR count). The van der Waals surface area contributed by atoms with Crippen molar-refractivity contribution in [2.45, 2.75) is 32.1 Å². The molecule has 1 aliphatic rings. The zero-order valence-corrected chi connectivity index (χ0v) is 7.62. The number of hydrogen-bond acceptors (Lipinski definition) is 2. The molecule has 68 valence electrons. The van der Waals surface area contributed by atoms with E-state index in [1.54, 1.807) is 6.20 Å². The van der Waals surface area contributed by atoms with E-state index in [9.17, 15) is 4.79 Å². The molecule has 0 N–H and O–H groups in total. The maximum absolute atomic E-state index is 10.8. The van der Waals surface area contributed by atoms with E-state index >= 15 is 0 Å². The van der Waals surface area contributed by atoms with Crippen molar-refractivity contribution in [1.82, 2.24) is 4.98 Å². The van der Waals surface area contributed by atoms with Gasteiger partial charge in [-0.15, -0.1) is 0 Å². The van der Waals surface area contributed by atoms with E-state index in [0.717, 1.165) is 24.7 Å². The zero-order valence-electron chi connectivity index (χ0n) is 7.62. The number of carbonyl (C=O) groups is 1. The lowest BCUT2D eigenvalue weighted by atomic mass is 10.0. The molecule has 0 atom stereocenters. The largest absolute Gasteiger partial charge is 0.298 e. The quantitative estimate of drug-likeness (QED) is 0.483. The number of rotatable bonds is 1. The van der Waals surface area contributed by atoms with E-state index in [-0.39, 0.29) is 0 Å². The monoisotopic (exact) mass is 175 g/mol. The third-order valence-electron chi connectivity index (χ3n) is 2.68. The molecule has 0 aromatic carbocycles. The summed E-state index contributed by atoms with van der Waals surface area (Å²) in [4.78, 5) is 14.8. The van der Waals surface area contributed by atoms with Gasteiger partial charge in [0.2, 0.25) is 0 Å². The third kappa shape index (κ3) is 1.62. The average molecular weight is 175 g/mol. The Balaban J connectivity index is 2.45. The molecule has 0 spiro atoms. The second-order valence-corrected chi connectivity index (χ2v) is 3.54. The average Bonchev–Trinajstić information content (AvgIpc) is 2.41. The van der Waals surface area contributed by atoms with Crippen LogP contribution in [0, 0.1) is 0 Å².